The summed E-state index contributed by atoms with van der Waals surface area (Å²) in [6.45, 7) is 7.55. The maximum Gasteiger partial charge on any atom is 0.408 e. The van der Waals surface area contributed by atoms with Crippen LogP contribution in [0.25, 0.3) is 0 Å². The molecule has 0 saturated carbocycles. The third-order valence-corrected chi connectivity index (χ3v) is 6.88. The van der Waals surface area contributed by atoms with Gasteiger partial charge in [-0.05, 0) is 75.4 Å². The third-order valence-electron chi connectivity index (χ3n) is 6.88. The lowest BCUT2D eigenvalue weighted by Gasteiger charge is -2.40. The van der Waals surface area contributed by atoms with Gasteiger partial charge in [0.15, 0.2) is 0 Å². The van der Waals surface area contributed by atoms with Crippen LogP contribution in [-0.4, -0.2) is 61.1 Å². The number of amides is 4. The highest BCUT2D eigenvalue weighted by atomic mass is 19.1. The minimum absolute atomic E-state index is 0.102. The Morgan fingerprint density at radius 2 is 1.61 bits per heavy atom. The van der Waals surface area contributed by atoms with Gasteiger partial charge in [-0.15, -0.1) is 0 Å². The van der Waals surface area contributed by atoms with Crippen LogP contribution in [0.5, 0.6) is 0 Å². The second-order valence-electron chi connectivity index (χ2n) is 11.1. The molecule has 3 rings (SSSR count). The van der Waals surface area contributed by atoms with Crippen molar-refractivity contribution in [3.63, 3.8) is 0 Å². The number of hydrogen-bond donors (Lipinski definition) is 2. The Bertz CT molecular complexity index is 1190. The van der Waals surface area contributed by atoms with Crippen molar-refractivity contribution < 1.29 is 33.1 Å². The van der Waals surface area contributed by atoms with Crippen LogP contribution in [0.2, 0.25) is 0 Å². The van der Waals surface area contributed by atoms with Gasteiger partial charge in [-0.25, -0.2) is 9.18 Å². The highest BCUT2D eigenvalue weighted by Crippen LogP contribution is 2.33. The summed E-state index contributed by atoms with van der Waals surface area (Å²) in [7, 11) is 0. The van der Waals surface area contributed by atoms with E-state index >= 15 is 0 Å². The molecule has 0 unspecified atom stereocenters. The normalized spacial score (nSPS) is 14.6. The summed E-state index contributed by atoms with van der Waals surface area (Å²) in [6.07, 6.45) is 1.24. The van der Waals surface area contributed by atoms with E-state index in [4.69, 9.17) is 9.57 Å². The molecular weight excluding hydrogens is 531 g/mol. The molecule has 1 aliphatic heterocycles. The van der Waals surface area contributed by atoms with Crippen molar-refractivity contribution in [3.05, 3.63) is 65.5 Å². The van der Waals surface area contributed by atoms with E-state index in [1.807, 2.05) is 19.1 Å². The fraction of sp³-hybridized carbons (Fsp3) is 0.467. The third kappa shape index (κ3) is 9.28. The van der Waals surface area contributed by atoms with Crippen molar-refractivity contribution in [1.29, 1.82) is 0 Å². The van der Waals surface area contributed by atoms with Gasteiger partial charge in [0.05, 0.1) is 17.7 Å². The Morgan fingerprint density at radius 3 is 2.17 bits per heavy atom. The second kappa shape index (κ2) is 14.1. The van der Waals surface area contributed by atoms with Crippen LogP contribution in [0.3, 0.4) is 0 Å². The van der Waals surface area contributed by atoms with E-state index < -0.39 is 17.1 Å². The number of alkyl carbamates (subject to hydrolysis) is 1. The zero-order valence-corrected chi connectivity index (χ0v) is 24.1. The predicted molar refractivity (Wildman–Crippen MR) is 151 cm³/mol. The summed E-state index contributed by atoms with van der Waals surface area (Å²) >= 11 is 0. The van der Waals surface area contributed by atoms with Crippen molar-refractivity contribution in [2.45, 2.75) is 59.1 Å². The van der Waals surface area contributed by atoms with Gasteiger partial charge in [0.1, 0.15) is 18.0 Å². The molecule has 2 aromatic rings. The summed E-state index contributed by atoms with van der Waals surface area (Å²) in [6, 6.07) is 13.2. The SMILES string of the molecule is CCc1ccc(N(C=O)OCC2(C(=O)NCc3ccc(F)cc3)CCN(C(=O)CNC(=O)OC(C)(C)C)CC2)cc1. The zero-order chi connectivity index (χ0) is 30.0. The van der Waals surface area contributed by atoms with Crippen molar-refractivity contribution in [3.8, 4) is 0 Å². The first kappa shape index (κ1) is 31.5. The fourth-order valence-electron chi connectivity index (χ4n) is 4.40. The van der Waals surface area contributed by atoms with Crippen LogP contribution in [0.4, 0.5) is 14.9 Å². The number of benzene rings is 2. The van der Waals surface area contributed by atoms with Gasteiger partial charge in [0, 0.05) is 19.6 Å². The smallest absolute Gasteiger partial charge is 0.408 e. The number of hydrogen-bond acceptors (Lipinski definition) is 6. The predicted octanol–water partition coefficient (Wildman–Crippen LogP) is 3.73. The molecule has 222 valence electrons. The molecule has 2 N–H and O–H groups in total. The number of carbonyl (C=O) groups is 4. The average molecular weight is 571 g/mol. The van der Waals surface area contributed by atoms with E-state index in [0.29, 0.717) is 12.1 Å². The molecule has 0 bridgehead atoms. The van der Waals surface area contributed by atoms with Crippen LogP contribution < -0.4 is 15.7 Å². The minimum atomic E-state index is -1.04. The molecule has 4 amide bonds. The van der Waals surface area contributed by atoms with E-state index in [9.17, 15) is 23.6 Å². The molecule has 11 heteroatoms. The number of ether oxygens (including phenoxy) is 1. The number of halogens is 1. The van der Waals surface area contributed by atoms with Gasteiger partial charge in [-0.1, -0.05) is 31.2 Å². The molecule has 0 aliphatic carbocycles. The summed E-state index contributed by atoms with van der Waals surface area (Å²) in [5.41, 5.74) is 0.628. The molecule has 1 saturated heterocycles. The van der Waals surface area contributed by atoms with Gasteiger partial charge < -0.3 is 20.3 Å². The van der Waals surface area contributed by atoms with E-state index in [2.05, 4.69) is 10.6 Å². The van der Waals surface area contributed by atoms with E-state index in [1.165, 1.54) is 12.1 Å². The number of likely N-dealkylation sites (tertiary alicyclic amines) is 1. The van der Waals surface area contributed by atoms with Crippen LogP contribution >= 0.6 is 0 Å². The number of nitrogens with zero attached hydrogens (tertiary/aromatic N) is 2. The highest BCUT2D eigenvalue weighted by molar-refractivity contribution is 5.85. The molecule has 1 heterocycles. The molecule has 0 atom stereocenters. The van der Waals surface area contributed by atoms with Gasteiger partial charge in [-0.3, -0.25) is 19.2 Å². The monoisotopic (exact) mass is 570 g/mol. The van der Waals surface area contributed by atoms with E-state index in [0.717, 1.165) is 22.6 Å². The van der Waals surface area contributed by atoms with Crippen LogP contribution in [0, 0.1) is 11.2 Å². The number of nitrogens with one attached hydrogen (secondary N) is 2. The fourth-order valence-corrected chi connectivity index (χ4v) is 4.40. The quantitative estimate of drug-likeness (QED) is 0.314. The highest BCUT2D eigenvalue weighted by Gasteiger charge is 2.43. The zero-order valence-electron chi connectivity index (χ0n) is 24.1. The Morgan fingerprint density at radius 1 is 1.00 bits per heavy atom. The molecule has 0 spiro atoms. The van der Waals surface area contributed by atoms with Gasteiger partial charge in [0.25, 0.3) is 0 Å². The number of aryl methyl sites for hydroxylation is 1. The number of hydroxylamine groups is 1. The average Bonchev–Trinajstić information content (AvgIpc) is 2.95. The first-order chi connectivity index (χ1) is 19.4. The van der Waals surface area contributed by atoms with Gasteiger partial charge in [0.2, 0.25) is 18.2 Å². The van der Waals surface area contributed by atoms with Gasteiger partial charge >= 0.3 is 6.09 Å². The number of carbonyl (C=O) groups excluding carboxylic acids is 4. The lowest BCUT2D eigenvalue weighted by atomic mass is 9.78. The first-order valence-electron chi connectivity index (χ1n) is 13.7. The standard InChI is InChI=1S/C30H39FN4O6/c1-5-22-8-12-25(13-9-22)35(21-36)40-20-30(27(38)32-18-23-6-10-24(31)11-7-23)14-16-34(17-15-30)26(37)19-33-28(39)41-29(2,3)4/h6-13,21H,5,14-20H2,1-4H3,(H,32,38)(H,33,39). The first-order valence-corrected chi connectivity index (χ1v) is 13.7. The Kier molecular flexibility index (Phi) is 10.8. The van der Waals surface area contributed by atoms with E-state index in [-0.39, 0.29) is 63.3 Å². The van der Waals surface area contributed by atoms with Crippen molar-refractivity contribution >= 4 is 30.0 Å². The summed E-state index contributed by atoms with van der Waals surface area (Å²) in [5.74, 6) is -0.973. The van der Waals surface area contributed by atoms with Crippen LogP contribution in [0.1, 0.15) is 51.7 Å². The molecule has 1 fully saturated rings. The lowest BCUT2D eigenvalue weighted by molar-refractivity contribution is -0.145. The van der Waals surface area contributed by atoms with E-state index in [1.54, 1.807) is 49.9 Å². The van der Waals surface area contributed by atoms with Crippen LogP contribution in [0.15, 0.2) is 48.5 Å². The molecule has 1 aliphatic rings. The molecular formula is C30H39FN4O6. The number of anilines is 1. The second-order valence-corrected chi connectivity index (χ2v) is 11.1. The summed E-state index contributed by atoms with van der Waals surface area (Å²) < 4.78 is 18.5. The number of piperidine rings is 1. The summed E-state index contributed by atoms with van der Waals surface area (Å²) in [5, 5.41) is 6.47. The Labute approximate surface area is 240 Å². The van der Waals surface area contributed by atoms with Crippen molar-refractivity contribution in [1.82, 2.24) is 15.5 Å². The van der Waals surface area contributed by atoms with Crippen molar-refractivity contribution in [2.24, 2.45) is 5.41 Å². The van der Waals surface area contributed by atoms with Gasteiger partial charge in [-0.2, -0.15) is 5.06 Å². The molecule has 0 aromatic heterocycles. The molecule has 2 aromatic carbocycles. The molecule has 41 heavy (non-hydrogen) atoms. The van der Waals surface area contributed by atoms with Crippen molar-refractivity contribution in [2.75, 3.05) is 31.3 Å². The van der Waals surface area contributed by atoms with Crippen LogP contribution in [-0.2, 0) is 36.9 Å². The molecule has 10 nitrogen and oxygen atoms in total. The minimum Gasteiger partial charge on any atom is -0.444 e. The lowest BCUT2D eigenvalue weighted by Crippen LogP contribution is -2.54. The maximum absolute atomic E-state index is 13.6. The largest absolute Gasteiger partial charge is 0.444 e. The molecule has 0 radical (unpaired) electrons. The topological polar surface area (TPSA) is 117 Å². The maximum atomic E-state index is 13.6. The Hall–Kier alpha value is -3.99. The number of rotatable bonds is 11. The Balaban J connectivity index is 1.68. The summed E-state index contributed by atoms with van der Waals surface area (Å²) in [4.78, 5) is 57.6.